The molecule has 1 aliphatic heterocycles. The molecule has 1 saturated heterocycles. The van der Waals surface area contributed by atoms with Crippen molar-refractivity contribution >= 4 is 35.9 Å². The summed E-state index contributed by atoms with van der Waals surface area (Å²) in [5.74, 6) is 1.38. The van der Waals surface area contributed by atoms with E-state index < -0.39 is 0 Å². The van der Waals surface area contributed by atoms with Crippen LogP contribution in [0.3, 0.4) is 0 Å². The molecule has 0 bridgehead atoms. The summed E-state index contributed by atoms with van der Waals surface area (Å²) in [4.78, 5) is 16.7. The van der Waals surface area contributed by atoms with Crippen LogP contribution in [0.2, 0.25) is 5.02 Å². The van der Waals surface area contributed by atoms with Crippen molar-refractivity contribution in [1.82, 2.24) is 20.1 Å². The van der Waals surface area contributed by atoms with Gasteiger partial charge in [-0.15, -0.1) is 12.4 Å². The van der Waals surface area contributed by atoms with Crippen molar-refractivity contribution in [2.24, 2.45) is 7.05 Å². The first-order chi connectivity index (χ1) is 11.5. The summed E-state index contributed by atoms with van der Waals surface area (Å²) in [5, 5.41) is 20.2. The Labute approximate surface area is 157 Å². The largest absolute Gasteiger partial charge is 0.508 e. The number of aryl methyl sites for hydroxylation is 1. The first-order valence-corrected chi connectivity index (χ1v) is 8.29. The number of piperidine rings is 1. The fraction of sp³-hybridized carbons (Fsp3) is 0.438. The van der Waals surface area contributed by atoms with Crippen LogP contribution in [-0.4, -0.2) is 38.9 Å². The third-order valence-corrected chi connectivity index (χ3v) is 4.47. The number of nitrogens with zero attached hydrogens (tertiary/aromatic N) is 3. The summed E-state index contributed by atoms with van der Waals surface area (Å²) in [7, 11) is 1.76. The maximum absolute atomic E-state index is 12.2. The zero-order valence-corrected chi connectivity index (χ0v) is 15.4. The molecule has 0 saturated carbocycles. The Morgan fingerprint density at radius 3 is 2.84 bits per heavy atom. The number of hydrogen-bond donors (Lipinski definition) is 3. The first-order valence-electron chi connectivity index (χ1n) is 7.92. The van der Waals surface area contributed by atoms with Crippen molar-refractivity contribution in [3.8, 4) is 5.75 Å². The molecule has 1 aromatic carbocycles. The number of aromatic hydroxyl groups is 1. The number of amides is 1. The Bertz CT molecular complexity index is 744. The van der Waals surface area contributed by atoms with Gasteiger partial charge >= 0.3 is 0 Å². The minimum Gasteiger partial charge on any atom is -0.508 e. The third-order valence-electron chi connectivity index (χ3n) is 4.12. The maximum atomic E-state index is 12.2. The van der Waals surface area contributed by atoms with Gasteiger partial charge in [-0.25, -0.2) is 4.68 Å². The van der Waals surface area contributed by atoms with E-state index in [9.17, 15) is 9.90 Å². The highest BCUT2D eigenvalue weighted by Gasteiger charge is 2.21. The number of hydrogen-bond acceptors (Lipinski definition) is 5. The number of anilines is 1. The summed E-state index contributed by atoms with van der Waals surface area (Å²) in [6, 6.07) is 4.56. The maximum Gasteiger partial charge on any atom is 0.231 e. The van der Waals surface area contributed by atoms with Crippen LogP contribution in [0.1, 0.15) is 30.1 Å². The molecule has 2 aromatic rings. The van der Waals surface area contributed by atoms with E-state index in [1.54, 1.807) is 17.8 Å². The van der Waals surface area contributed by atoms with E-state index in [1.165, 1.54) is 12.1 Å². The molecule has 0 unspecified atom stereocenters. The summed E-state index contributed by atoms with van der Waals surface area (Å²) < 4.78 is 1.59. The molecule has 9 heteroatoms. The van der Waals surface area contributed by atoms with Crippen molar-refractivity contribution in [2.45, 2.75) is 25.2 Å². The Hall–Kier alpha value is -1.83. The van der Waals surface area contributed by atoms with Crippen LogP contribution in [0.4, 0.5) is 5.95 Å². The average molecular weight is 386 g/mol. The zero-order chi connectivity index (χ0) is 17.1. The van der Waals surface area contributed by atoms with Gasteiger partial charge in [0.15, 0.2) is 5.82 Å². The third kappa shape index (κ3) is 4.84. The molecule has 1 amide bonds. The lowest BCUT2D eigenvalue weighted by atomic mass is 9.98. The van der Waals surface area contributed by atoms with Crippen molar-refractivity contribution in [3.05, 3.63) is 34.6 Å². The smallest absolute Gasteiger partial charge is 0.231 e. The summed E-state index contributed by atoms with van der Waals surface area (Å²) in [5.41, 5.74) is 0.646. The molecule has 0 atom stereocenters. The van der Waals surface area contributed by atoms with Crippen LogP contribution in [-0.2, 0) is 18.3 Å². The Kier molecular flexibility index (Phi) is 6.64. The van der Waals surface area contributed by atoms with Crippen LogP contribution in [0.25, 0.3) is 0 Å². The van der Waals surface area contributed by atoms with E-state index in [0.717, 1.165) is 31.8 Å². The first kappa shape index (κ1) is 19.5. The van der Waals surface area contributed by atoms with Crippen LogP contribution in [0.15, 0.2) is 18.2 Å². The second-order valence-electron chi connectivity index (χ2n) is 5.94. The topological polar surface area (TPSA) is 92.1 Å². The van der Waals surface area contributed by atoms with E-state index in [1.807, 2.05) is 0 Å². The molecule has 136 valence electrons. The minimum absolute atomic E-state index is 0. The number of rotatable bonds is 4. The van der Waals surface area contributed by atoms with Gasteiger partial charge in [-0.2, -0.15) is 10.1 Å². The van der Waals surface area contributed by atoms with Crippen LogP contribution >= 0.6 is 24.0 Å². The molecule has 25 heavy (non-hydrogen) atoms. The molecule has 0 aliphatic carbocycles. The van der Waals surface area contributed by atoms with Gasteiger partial charge in [0.25, 0.3) is 0 Å². The summed E-state index contributed by atoms with van der Waals surface area (Å²) in [6.45, 7) is 1.92. The predicted octanol–water partition coefficient (Wildman–Crippen LogP) is 2.24. The number of benzene rings is 1. The van der Waals surface area contributed by atoms with Crippen molar-refractivity contribution < 1.29 is 9.90 Å². The van der Waals surface area contributed by atoms with E-state index in [2.05, 4.69) is 20.7 Å². The van der Waals surface area contributed by atoms with Crippen LogP contribution in [0.5, 0.6) is 5.75 Å². The minimum atomic E-state index is -0.227. The van der Waals surface area contributed by atoms with Gasteiger partial charge in [0, 0.05) is 18.0 Å². The lowest BCUT2D eigenvalue weighted by Gasteiger charge is -2.19. The number of halogens is 2. The van der Waals surface area contributed by atoms with Gasteiger partial charge in [-0.05, 0) is 43.6 Å². The van der Waals surface area contributed by atoms with E-state index in [0.29, 0.717) is 22.5 Å². The highest BCUT2D eigenvalue weighted by Crippen LogP contribution is 2.24. The van der Waals surface area contributed by atoms with Crippen LogP contribution < -0.4 is 10.6 Å². The summed E-state index contributed by atoms with van der Waals surface area (Å²) >= 11 is 6.03. The van der Waals surface area contributed by atoms with Gasteiger partial charge in [-0.1, -0.05) is 17.7 Å². The van der Waals surface area contributed by atoms with Gasteiger partial charge < -0.3 is 10.4 Å². The van der Waals surface area contributed by atoms with Gasteiger partial charge in [0.2, 0.25) is 11.9 Å². The number of carbonyl (C=O) groups excluding carboxylic acids is 1. The fourth-order valence-electron chi connectivity index (χ4n) is 2.79. The number of carbonyl (C=O) groups is 1. The fourth-order valence-corrected chi connectivity index (χ4v) is 3.03. The monoisotopic (exact) mass is 385 g/mol. The molecule has 3 rings (SSSR count). The van der Waals surface area contributed by atoms with Crippen molar-refractivity contribution in [1.29, 1.82) is 0 Å². The highest BCUT2D eigenvalue weighted by atomic mass is 35.5. The molecule has 2 heterocycles. The number of phenolic OH excluding ortho intramolecular Hbond substituents is 1. The lowest BCUT2D eigenvalue weighted by Crippen LogP contribution is -2.27. The molecule has 1 fully saturated rings. The molecule has 7 nitrogen and oxygen atoms in total. The Morgan fingerprint density at radius 1 is 1.44 bits per heavy atom. The zero-order valence-electron chi connectivity index (χ0n) is 13.8. The van der Waals surface area contributed by atoms with Gasteiger partial charge in [0.05, 0.1) is 6.42 Å². The quantitative estimate of drug-likeness (QED) is 0.750. The van der Waals surface area contributed by atoms with E-state index >= 15 is 0 Å². The SMILES string of the molecule is Cl.Cn1nc(C2CCNCC2)nc1NC(=O)Cc1ccc(O)cc1Cl. The standard InChI is InChI=1S/C16H20ClN5O2.ClH/c1-22-16(20-15(21-22)10-4-6-18-7-5-10)19-14(24)8-11-2-3-12(23)9-13(11)17;/h2-3,9-10,18,23H,4-8H2,1H3,(H,19,20,21,24);1H. The molecule has 3 N–H and O–H groups in total. The van der Waals surface area contributed by atoms with Crippen molar-refractivity contribution in [3.63, 3.8) is 0 Å². The van der Waals surface area contributed by atoms with Gasteiger partial charge in [-0.3, -0.25) is 10.1 Å². The van der Waals surface area contributed by atoms with E-state index in [-0.39, 0.29) is 30.5 Å². The summed E-state index contributed by atoms with van der Waals surface area (Å²) in [6.07, 6.45) is 2.11. The van der Waals surface area contributed by atoms with Crippen molar-refractivity contribution in [2.75, 3.05) is 18.4 Å². The highest BCUT2D eigenvalue weighted by molar-refractivity contribution is 6.31. The molecule has 0 spiro atoms. The molecule has 1 aromatic heterocycles. The molecule has 0 radical (unpaired) electrons. The number of nitrogens with one attached hydrogen (secondary N) is 2. The predicted molar refractivity (Wildman–Crippen MR) is 98.5 cm³/mol. The Morgan fingerprint density at radius 2 is 2.16 bits per heavy atom. The number of phenols is 1. The normalized spacial score (nSPS) is 14.8. The van der Waals surface area contributed by atoms with E-state index in [4.69, 9.17) is 11.6 Å². The molecular weight excluding hydrogens is 365 g/mol. The molecule has 1 aliphatic rings. The van der Waals surface area contributed by atoms with Crippen LogP contribution in [0, 0.1) is 0 Å². The number of aromatic nitrogens is 3. The Balaban J connectivity index is 0.00000225. The van der Waals surface area contributed by atoms with Gasteiger partial charge in [0.1, 0.15) is 5.75 Å². The second kappa shape index (κ2) is 8.51. The molecular formula is C16H21Cl2N5O2. The average Bonchev–Trinajstić information content (AvgIpc) is 2.92. The second-order valence-corrected chi connectivity index (χ2v) is 6.35. The lowest BCUT2D eigenvalue weighted by molar-refractivity contribution is -0.115.